The van der Waals surface area contributed by atoms with Crippen LogP contribution in [0, 0.1) is 6.92 Å². The van der Waals surface area contributed by atoms with E-state index in [2.05, 4.69) is 22.3 Å². The fourth-order valence-corrected chi connectivity index (χ4v) is 3.10. The molecule has 1 saturated carbocycles. The predicted molar refractivity (Wildman–Crippen MR) is 75.1 cm³/mol. The van der Waals surface area contributed by atoms with Crippen molar-refractivity contribution in [2.24, 2.45) is 0 Å². The summed E-state index contributed by atoms with van der Waals surface area (Å²) in [7, 11) is 0. The van der Waals surface area contributed by atoms with Crippen LogP contribution in [0.2, 0.25) is 0 Å². The first-order valence-corrected chi connectivity index (χ1v) is 7.69. The van der Waals surface area contributed by atoms with Crippen LogP contribution >= 0.6 is 0 Å². The van der Waals surface area contributed by atoms with Crippen LogP contribution in [0.3, 0.4) is 0 Å². The molecule has 1 aliphatic carbocycles. The minimum Gasteiger partial charge on any atom is -0.361 e. The Balaban J connectivity index is 1.68. The molecule has 1 aromatic rings. The summed E-state index contributed by atoms with van der Waals surface area (Å²) in [6.45, 7) is 7.58. The van der Waals surface area contributed by atoms with Crippen molar-refractivity contribution in [3.63, 3.8) is 0 Å². The number of nitrogens with one attached hydrogen (secondary N) is 1. The second kappa shape index (κ2) is 5.63. The van der Waals surface area contributed by atoms with Gasteiger partial charge in [0, 0.05) is 30.7 Å². The SMILES string of the molecule is CCc1noc(C)c1CN(C[C@H]1CCCN1)C1CC1. The van der Waals surface area contributed by atoms with Crippen LogP contribution in [-0.2, 0) is 13.0 Å². The molecule has 0 unspecified atom stereocenters. The van der Waals surface area contributed by atoms with Crippen LogP contribution in [0.25, 0.3) is 0 Å². The van der Waals surface area contributed by atoms with Gasteiger partial charge in [-0.05, 0) is 45.6 Å². The summed E-state index contributed by atoms with van der Waals surface area (Å²) in [5.41, 5.74) is 2.47. The third-order valence-electron chi connectivity index (χ3n) is 4.44. The molecule has 2 fully saturated rings. The predicted octanol–water partition coefficient (Wildman–Crippen LogP) is 2.26. The summed E-state index contributed by atoms with van der Waals surface area (Å²) in [5, 5.41) is 7.79. The average molecular weight is 263 g/mol. The maximum atomic E-state index is 5.37. The topological polar surface area (TPSA) is 41.3 Å². The third kappa shape index (κ3) is 3.00. The van der Waals surface area contributed by atoms with E-state index < -0.39 is 0 Å². The molecule has 2 heterocycles. The highest BCUT2D eigenvalue weighted by atomic mass is 16.5. The molecule has 4 heteroatoms. The lowest BCUT2D eigenvalue weighted by Crippen LogP contribution is -2.38. The molecule has 4 nitrogen and oxygen atoms in total. The van der Waals surface area contributed by atoms with Gasteiger partial charge in [-0.25, -0.2) is 0 Å². The summed E-state index contributed by atoms with van der Waals surface area (Å²) >= 11 is 0. The Morgan fingerprint density at radius 3 is 2.84 bits per heavy atom. The van der Waals surface area contributed by atoms with Crippen LogP contribution in [-0.4, -0.2) is 35.2 Å². The fourth-order valence-electron chi connectivity index (χ4n) is 3.10. The van der Waals surface area contributed by atoms with Crippen molar-refractivity contribution in [3.8, 4) is 0 Å². The van der Waals surface area contributed by atoms with Crippen LogP contribution in [0.1, 0.15) is 49.6 Å². The average Bonchev–Trinajstić information content (AvgIpc) is 3.03. The summed E-state index contributed by atoms with van der Waals surface area (Å²) < 4.78 is 5.37. The van der Waals surface area contributed by atoms with E-state index in [0.29, 0.717) is 6.04 Å². The van der Waals surface area contributed by atoms with Crippen LogP contribution in [0.5, 0.6) is 0 Å². The monoisotopic (exact) mass is 263 g/mol. The molecule has 2 aliphatic rings. The standard InChI is InChI=1S/C15H25N3O/c1-3-15-14(11(2)19-17-15)10-18(13-6-7-13)9-12-5-4-8-16-12/h12-13,16H,3-10H2,1-2H3/t12-/m1/s1. The molecular weight excluding hydrogens is 238 g/mol. The summed E-state index contributed by atoms with van der Waals surface area (Å²) in [4.78, 5) is 2.64. The second-order valence-corrected chi connectivity index (χ2v) is 5.97. The number of nitrogens with zero attached hydrogens (tertiary/aromatic N) is 2. The number of aromatic nitrogens is 1. The summed E-state index contributed by atoms with van der Waals surface area (Å²) in [6.07, 6.45) is 6.34. The minimum absolute atomic E-state index is 0.686. The first-order valence-electron chi connectivity index (χ1n) is 7.69. The Labute approximate surface area is 115 Å². The molecule has 19 heavy (non-hydrogen) atoms. The molecule has 0 radical (unpaired) electrons. The van der Waals surface area contributed by atoms with Crippen molar-refractivity contribution in [3.05, 3.63) is 17.0 Å². The van der Waals surface area contributed by atoms with E-state index in [1.165, 1.54) is 44.3 Å². The van der Waals surface area contributed by atoms with Gasteiger partial charge in [-0.1, -0.05) is 12.1 Å². The van der Waals surface area contributed by atoms with E-state index in [0.717, 1.165) is 30.5 Å². The molecular formula is C15H25N3O. The van der Waals surface area contributed by atoms with Crippen molar-refractivity contribution in [1.82, 2.24) is 15.4 Å². The van der Waals surface area contributed by atoms with E-state index in [1.807, 2.05) is 6.92 Å². The molecule has 1 saturated heterocycles. The Hall–Kier alpha value is -0.870. The van der Waals surface area contributed by atoms with Crippen molar-refractivity contribution in [2.75, 3.05) is 13.1 Å². The molecule has 106 valence electrons. The van der Waals surface area contributed by atoms with E-state index >= 15 is 0 Å². The van der Waals surface area contributed by atoms with E-state index in [-0.39, 0.29) is 0 Å². The molecule has 1 aromatic heterocycles. The minimum atomic E-state index is 0.686. The molecule has 0 spiro atoms. The van der Waals surface area contributed by atoms with Gasteiger partial charge in [-0.2, -0.15) is 0 Å². The molecule has 0 amide bonds. The number of hydrogen-bond acceptors (Lipinski definition) is 4. The van der Waals surface area contributed by atoms with Crippen LogP contribution in [0.4, 0.5) is 0 Å². The number of rotatable bonds is 6. The molecule has 0 bridgehead atoms. The van der Waals surface area contributed by atoms with Crippen molar-refractivity contribution in [2.45, 2.75) is 64.6 Å². The molecule has 3 rings (SSSR count). The molecule has 1 atom stereocenters. The zero-order chi connectivity index (χ0) is 13.2. The lowest BCUT2D eigenvalue weighted by molar-refractivity contribution is 0.229. The lowest BCUT2D eigenvalue weighted by Gasteiger charge is -2.25. The van der Waals surface area contributed by atoms with Gasteiger partial charge in [0.15, 0.2) is 0 Å². The van der Waals surface area contributed by atoms with Gasteiger partial charge in [0.1, 0.15) is 5.76 Å². The van der Waals surface area contributed by atoms with Crippen LogP contribution in [0.15, 0.2) is 4.52 Å². The maximum absolute atomic E-state index is 5.37. The van der Waals surface area contributed by atoms with Gasteiger partial charge in [-0.15, -0.1) is 0 Å². The highest BCUT2D eigenvalue weighted by molar-refractivity contribution is 5.22. The summed E-state index contributed by atoms with van der Waals surface area (Å²) in [6, 6.07) is 1.48. The maximum Gasteiger partial charge on any atom is 0.138 e. The Kier molecular flexibility index (Phi) is 3.89. The van der Waals surface area contributed by atoms with E-state index in [4.69, 9.17) is 4.52 Å². The summed E-state index contributed by atoms with van der Waals surface area (Å²) in [5.74, 6) is 1.00. The fraction of sp³-hybridized carbons (Fsp3) is 0.800. The Morgan fingerprint density at radius 1 is 1.37 bits per heavy atom. The smallest absolute Gasteiger partial charge is 0.138 e. The van der Waals surface area contributed by atoms with Crippen molar-refractivity contribution >= 4 is 0 Å². The van der Waals surface area contributed by atoms with E-state index in [1.54, 1.807) is 0 Å². The molecule has 1 aliphatic heterocycles. The molecule has 0 aromatic carbocycles. The van der Waals surface area contributed by atoms with Gasteiger partial charge in [0.05, 0.1) is 5.69 Å². The van der Waals surface area contributed by atoms with Gasteiger partial charge >= 0.3 is 0 Å². The second-order valence-electron chi connectivity index (χ2n) is 5.97. The quantitative estimate of drug-likeness (QED) is 0.855. The highest BCUT2D eigenvalue weighted by Gasteiger charge is 2.32. The Bertz CT molecular complexity index is 419. The number of aryl methyl sites for hydroxylation is 2. The normalized spacial score (nSPS) is 23.4. The zero-order valence-electron chi connectivity index (χ0n) is 12.1. The van der Waals surface area contributed by atoms with Crippen molar-refractivity contribution in [1.29, 1.82) is 0 Å². The van der Waals surface area contributed by atoms with Gasteiger partial charge in [0.2, 0.25) is 0 Å². The Morgan fingerprint density at radius 2 is 2.21 bits per heavy atom. The third-order valence-corrected chi connectivity index (χ3v) is 4.44. The van der Waals surface area contributed by atoms with Crippen LogP contribution < -0.4 is 5.32 Å². The van der Waals surface area contributed by atoms with Crippen molar-refractivity contribution < 1.29 is 4.52 Å². The van der Waals surface area contributed by atoms with Gasteiger partial charge < -0.3 is 9.84 Å². The van der Waals surface area contributed by atoms with Gasteiger partial charge in [-0.3, -0.25) is 4.90 Å². The first-order chi connectivity index (χ1) is 9.28. The van der Waals surface area contributed by atoms with E-state index in [9.17, 15) is 0 Å². The lowest BCUT2D eigenvalue weighted by atomic mass is 10.1. The number of hydrogen-bond donors (Lipinski definition) is 1. The largest absolute Gasteiger partial charge is 0.361 e. The molecule has 1 N–H and O–H groups in total. The highest BCUT2D eigenvalue weighted by Crippen LogP contribution is 2.30. The zero-order valence-corrected chi connectivity index (χ0v) is 12.1. The first kappa shape index (κ1) is 13.1. The van der Waals surface area contributed by atoms with Gasteiger partial charge in [0.25, 0.3) is 0 Å².